The molecule has 3 aromatic rings. The monoisotopic (exact) mass is 247 g/mol. The fraction of sp³-hybridized carbons (Fsp3) is 0.0588. The topological polar surface area (TPSA) is 27.7 Å². The molecule has 0 aliphatic carbocycles. The average molecular weight is 247 g/mol. The first kappa shape index (κ1) is 11.6. The maximum Gasteiger partial charge on any atom is 0.298 e. The van der Waals surface area contributed by atoms with Gasteiger partial charge >= 0.3 is 0 Å². The van der Waals surface area contributed by atoms with Gasteiger partial charge in [0.1, 0.15) is 0 Å². The Balaban J connectivity index is 1.96. The van der Waals surface area contributed by atoms with E-state index in [4.69, 9.17) is 5.41 Å². The number of benzene rings is 2. The minimum atomic E-state index is 0.581. The summed E-state index contributed by atoms with van der Waals surface area (Å²) in [7, 11) is 0. The fourth-order valence-electron chi connectivity index (χ4n) is 2.30. The van der Waals surface area contributed by atoms with Crippen LogP contribution in [-0.4, -0.2) is 5.84 Å². The number of nitrogens with zero attached hydrogens (tertiary/aromatic N) is 1. The Kier molecular flexibility index (Phi) is 3.07. The minimum absolute atomic E-state index is 0.581. The van der Waals surface area contributed by atoms with Crippen LogP contribution >= 0.6 is 0 Å². The highest BCUT2D eigenvalue weighted by Crippen LogP contribution is 2.18. The molecule has 1 N–H and O–H groups in total. The Bertz CT molecular complexity index is 712. The molecular formula is C17H15N2+. The first-order valence-electron chi connectivity index (χ1n) is 6.35. The summed E-state index contributed by atoms with van der Waals surface area (Å²) in [6.45, 7) is 0. The second-order valence-electron chi connectivity index (χ2n) is 4.54. The van der Waals surface area contributed by atoms with Gasteiger partial charge in [-0.25, -0.2) is 4.57 Å². The van der Waals surface area contributed by atoms with E-state index in [0.29, 0.717) is 12.3 Å². The van der Waals surface area contributed by atoms with Crippen LogP contribution in [0.15, 0.2) is 73.1 Å². The van der Waals surface area contributed by atoms with E-state index in [9.17, 15) is 0 Å². The van der Waals surface area contributed by atoms with Crippen molar-refractivity contribution in [2.45, 2.75) is 6.42 Å². The summed E-state index contributed by atoms with van der Waals surface area (Å²) in [6, 6.07) is 20.4. The zero-order valence-corrected chi connectivity index (χ0v) is 10.6. The van der Waals surface area contributed by atoms with Gasteiger partial charge in [-0.3, -0.25) is 0 Å². The van der Waals surface area contributed by atoms with Crippen LogP contribution in [0.3, 0.4) is 0 Å². The molecule has 0 bridgehead atoms. The lowest BCUT2D eigenvalue weighted by molar-refractivity contribution is -0.558. The van der Waals surface area contributed by atoms with Gasteiger partial charge in [0.15, 0.2) is 0 Å². The third-order valence-corrected chi connectivity index (χ3v) is 3.27. The van der Waals surface area contributed by atoms with Crippen LogP contribution in [-0.2, 0) is 6.42 Å². The van der Waals surface area contributed by atoms with Gasteiger partial charge in [-0.1, -0.05) is 48.5 Å². The maximum absolute atomic E-state index is 8.21. The Labute approximate surface area is 112 Å². The molecule has 1 aromatic heterocycles. The van der Waals surface area contributed by atoms with Gasteiger partial charge in [-0.05, 0) is 28.5 Å². The van der Waals surface area contributed by atoms with Gasteiger partial charge in [0.25, 0.3) is 5.84 Å². The maximum atomic E-state index is 8.21. The summed E-state index contributed by atoms with van der Waals surface area (Å²) < 4.78 is 1.85. The predicted octanol–water partition coefficient (Wildman–Crippen LogP) is 3.20. The fourth-order valence-corrected chi connectivity index (χ4v) is 2.30. The van der Waals surface area contributed by atoms with Gasteiger partial charge < -0.3 is 0 Å². The third-order valence-electron chi connectivity index (χ3n) is 3.27. The molecule has 2 aromatic carbocycles. The van der Waals surface area contributed by atoms with Gasteiger partial charge in [0, 0.05) is 0 Å². The standard InChI is InChI=1S/C17H15N2/c18-17(19-11-4-1-5-12-19)13-15-9-6-8-14-7-2-3-10-16(14)15/h1-12,18H,13H2/q+1. The summed E-state index contributed by atoms with van der Waals surface area (Å²) in [5.41, 5.74) is 1.19. The Hall–Kier alpha value is -2.48. The van der Waals surface area contributed by atoms with Crippen molar-refractivity contribution in [1.82, 2.24) is 0 Å². The second kappa shape index (κ2) is 5.02. The first-order chi connectivity index (χ1) is 9.34. The van der Waals surface area contributed by atoms with E-state index in [-0.39, 0.29) is 0 Å². The van der Waals surface area contributed by atoms with Crippen LogP contribution in [0.1, 0.15) is 5.56 Å². The van der Waals surface area contributed by atoms with Gasteiger partial charge in [0.05, 0.1) is 18.8 Å². The van der Waals surface area contributed by atoms with Crippen LogP contribution in [0.5, 0.6) is 0 Å². The van der Waals surface area contributed by atoms with Crippen molar-refractivity contribution in [3.8, 4) is 0 Å². The average Bonchev–Trinajstić information content (AvgIpc) is 2.48. The second-order valence-corrected chi connectivity index (χ2v) is 4.54. The largest absolute Gasteiger partial charge is 0.298 e. The van der Waals surface area contributed by atoms with E-state index in [1.54, 1.807) is 0 Å². The van der Waals surface area contributed by atoms with Crippen LogP contribution in [0.2, 0.25) is 0 Å². The van der Waals surface area contributed by atoms with Crippen LogP contribution in [0.4, 0.5) is 0 Å². The van der Waals surface area contributed by atoms with Gasteiger partial charge in [-0.15, -0.1) is 5.41 Å². The zero-order chi connectivity index (χ0) is 13.1. The van der Waals surface area contributed by atoms with E-state index in [0.717, 1.165) is 0 Å². The lowest BCUT2D eigenvalue weighted by Gasteiger charge is -2.05. The molecule has 0 aliphatic heterocycles. The number of pyridine rings is 1. The molecule has 2 nitrogen and oxygen atoms in total. The van der Waals surface area contributed by atoms with Crippen molar-refractivity contribution in [1.29, 1.82) is 5.41 Å². The summed E-state index contributed by atoms with van der Waals surface area (Å²) in [5.74, 6) is 0.581. The summed E-state index contributed by atoms with van der Waals surface area (Å²) in [5, 5.41) is 10.7. The highest BCUT2D eigenvalue weighted by molar-refractivity contribution is 5.88. The molecule has 2 heteroatoms. The SMILES string of the molecule is N=C(Cc1cccc2ccccc12)[n+]1ccccc1. The van der Waals surface area contributed by atoms with E-state index in [1.807, 2.05) is 47.3 Å². The molecule has 0 radical (unpaired) electrons. The van der Waals surface area contributed by atoms with E-state index >= 15 is 0 Å². The molecule has 92 valence electrons. The van der Waals surface area contributed by atoms with Crippen LogP contribution < -0.4 is 4.57 Å². The molecule has 0 saturated heterocycles. The molecule has 19 heavy (non-hydrogen) atoms. The molecule has 0 spiro atoms. The quantitative estimate of drug-likeness (QED) is 0.409. The molecular weight excluding hydrogens is 232 g/mol. The number of hydrogen-bond donors (Lipinski definition) is 1. The van der Waals surface area contributed by atoms with Gasteiger partial charge in [-0.2, -0.15) is 0 Å². The Morgan fingerprint density at radius 3 is 2.42 bits per heavy atom. The van der Waals surface area contributed by atoms with Crippen LogP contribution in [0.25, 0.3) is 10.8 Å². The molecule has 0 amide bonds. The number of hydrogen-bond acceptors (Lipinski definition) is 1. The normalized spacial score (nSPS) is 10.5. The molecule has 0 fully saturated rings. The molecule has 1 heterocycles. The molecule has 0 aliphatic rings. The number of rotatable bonds is 2. The predicted molar refractivity (Wildman–Crippen MR) is 77.4 cm³/mol. The molecule has 0 atom stereocenters. The van der Waals surface area contributed by atoms with Crippen molar-refractivity contribution in [3.05, 3.63) is 78.6 Å². The number of fused-ring (bicyclic) bond motifs is 1. The highest BCUT2D eigenvalue weighted by atomic mass is 15.0. The Morgan fingerprint density at radius 2 is 1.58 bits per heavy atom. The lowest BCUT2D eigenvalue weighted by atomic mass is 10.0. The smallest absolute Gasteiger partial charge is 0.207 e. The molecule has 0 saturated carbocycles. The van der Waals surface area contributed by atoms with Crippen LogP contribution in [0, 0.1) is 5.41 Å². The third kappa shape index (κ3) is 2.38. The van der Waals surface area contributed by atoms with E-state index in [1.165, 1.54) is 16.3 Å². The summed E-state index contributed by atoms with van der Waals surface area (Å²) in [6.07, 6.45) is 4.46. The highest BCUT2D eigenvalue weighted by Gasteiger charge is 2.10. The number of aromatic nitrogens is 1. The molecule has 0 unspecified atom stereocenters. The van der Waals surface area contributed by atoms with Crippen molar-refractivity contribution in [2.75, 3.05) is 0 Å². The van der Waals surface area contributed by atoms with Crippen molar-refractivity contribution >= 4 is 16.6 Å². The van der Waals surface area contributed by atoms with Crippen molar-refractivity contribution < 1.29 is 4.57 Å². The zero-order valence-electron chi connectivity index (χ0n) is 10.6. The molecule has 3 rings (SSSR count). The van der Waals surface area contributed by atoms with Crippen molar-refractivity contribution in [2.24, 2.45) is 0 Å². The Morgan fingerprint density at radius 1 is 0.842 bits per heavy atom. The number of nitrogens with one attached hydrogen (secondary N) is 1. The lowest BCUT2D eigenvalue weighted by Crippen LogP contribution is -2.42. The van der Waals surface area contributed by atoms with E-state index < -0.39 is 0 Å². The summed E-state index contributed by atoms with van der Waals surface area (Å²) in [4.78, 5) is 0. The van der Waals surface area contributed by atoms with E-state index in [2.05, 4.69) is 30.3 Å². The summed E-state index contributed by atoms with van der Waals surface area (Å²) >= 11 is 0. The van der Waals surface area contributed by atoms with Gasteiger partial charge in [0.2, 0.25) is 0 Å². The first-order valence-corrected chi connectivity index (χ1v) is 6.35. The minimum Gasteiger partial charge on any atom is -0.207 e. The van der Waals surface area contributed by atoms with Crippen molar-refractivity contribution in [3.63, 3.8) is 0 Å².